The van der Waals surface area contributed by atoms with Gasteiger partial charge in [0.05, 0.1) is 17.0 Å². The number of amides is 4. The molecular weight excluding hydrogens is 786 g/mol. The Balaban J connectivity index is 2.24. The maximum Gasteiger partial charge on any atom is 0.407 e. The summed E-state index contributed by atoms with van der Waals surface area (Å²) in [5, 5.41) is 12.1. The molecule has 0 aliphatic rings. The number of hydrogen-bond donors (Lipinski definition) is 5. The van der Waals surface area contributed by atoms with Crippen LogP contribution in [-0.2, 0) is 38.4 Å². The van der Waals surface area contributed by atoms with Crippen molar-refractivity contribution in [1.82, 2.24) is 26.3 Å². The topological polar surface area (TPSA) is 159 Å². The van der Waals surface area contributed by atoms with Gasteiger partial charge in [-0.15, -0.1) is 11.3 Å². The molecule has 1 aromatic heterocycles. The molecule has 14 heteroatoms. The Morgan fingerprint density at radius 1 is 0.847 bits per heavy atom. The fraction of sp³-hybridized carbons (Fsp3) is 0.578. The molecule has 0 unspecified atom stereocenters. The van der Waals surface area contributed by atoms with E-state index in [2.05, 4.69) is 33.2 Å². The number of ether oxygens (including phenoxy) is 1. The zero-order chi connectivity index (χ0) is 44.5. The van der Waals surface area contributed by atoms with E-state index >= 15 is 4.39 Å². The summed E-state index contributed by atoms with van der Waals surface area (Å²) in [6.45, 7) is 20.9. The number of alkyl carbamates (subject to hydrolysis) is 1. The molecule has 4 amide bonds. The maximum atomic E-state index is 15.4. The summed E-state index contributed by atoms with van der Waals surface area (Å²) in [5.74, 6) is -2.99. The van der Waals surface area contributed by atoms with Gasteiger partial charge in [-0.1, -0.05) is 105 Å². The summed E-state index contributed by atoms with van der Waals surface area (Å²) in [5.41, 5.74) is 0.897. The van der Waals surface area contributed by atoms with Crippen molar-refractivity contribution in [3.05, 3.63) is 76.7 Å². The highest BCUT2D eigenvalue weighted by Crippen LogP contribution is 2.44. The van der Waals surface area contributed by atoms with Crippen LogP contribution in [-0.4, -0.2) is 74.2 Å². The summed E-state index contributed by atoms with van der Waals surface area (Å²) in [7, 11) is -0.132. The molecule has 3 aromatic rings. The van der Waals surface area contributed by atoms with Crippen molar-refractivity contribution in [3.63, 3.8) is 0 Å². The van der Waals surface area contributed by atoms with Crippen molar-refractivity contribution < 1.29 is 33.1 Å². The number of methoxy groups -OCH3 is 1. The maximum absolute atomic E-state index is 15.4. The number of hydrogen-bond acceptors (Lipinski definition) is 8. The van der Waals surface area contributed by atoms with Crippen LogP contribution in [0.4, 0.5) is 9.18 Å². The molecule has 0 aliphatic heterocycles. The van der Waals surface area contributed by atoms with Gasteiger partial charge in [0, 0.05) is 25.2 Å². The first-order valence-corrected chi connectivity index (χ1v) is 24.2. The van der Waals surface area contributed by atoms with Crippen molar-refractivity contribution in [3.8, 4) is 10.4 Å². The quantitative estimate of drug-likeness (QED) is 0.0817. The van der Waals surface area contributed by atoms with E-state index in [1.54, 1.807) is 29.5 Å². The summed E-state index contributed by atoms with van der Waals surface area (Å²) in [6, 6.07) is 11.9. The predicted molar refractivity (Wildman–Crippen MR) is 237 cm³/mol. The molecule has 2 aromatic carbocycles. The fourth-order valence-corrected chi connectivity index (χ4v) is 8.70. The van der Waals surface area contributed by atoms with Gasteiger partial charge in [0.2, 0.25) is 17.7 Å². The number of nitrogens with one attached hydrogen (secondary N) is 4. The first-order chi connectivity index (χ1) is 27.3. The molecule has 5 atom stereocenters. The summed E-state index contributed by atoms with van der Waals surface area (Å²) in [6.07, 6.45) is 2.90. The minimum atomic E-state index is -2.89. The van der Waals surface area contributed by atoms with Crippen LogP contribution in [0.3, 0.4) is 0 Å². The molecule has 11 nitrogen and oxygen atoms in total. The number of rotatable bonds is 18. The molecule has 59 heavy (non-hydrogen) atoms. The Kier molecular flexibility index (Phi) is 17.0. The van der Waals surface area contributed by atoms with Crippen molar-refractivity contribution in [2.45, 2.75) is 131 Å². The van der Waals surface area contributed by atoms with Crippen LogP contribution in [0.25, 0.3) is 10.4 Å². The lowest BCUT2D eigenvalue weighted by Crippen LogP contribution is -2.57. The zero-order valence-corrected chi connectivity index (χ0v) is 39.2. The van der Waals surface area contributed by atoms with E-state index in [4.69, 9.17) is 4.74 Å². The fourth-order valence-electron chi connectivity index (χ4n) is 7.07. The molecule has 0 radical (unpaired) electrons. The van der Waals surface area contributed by atoms with Crippen molar-refractivity contribution in [1.29, 1.82) is 0 Å². The summed E-state index contributed by atoms with van der Waals surface area (Å²) >= 11 is 1.64. The van der Waals surface area contributed by atoms with E-state index in [-0.39, 0.29) is 18.7 Å². The average Bonchev–Trinajstić information content (AvgIpc) is 3.63. The SMILES string of the molecule is CCc1ncc(-c2ccc(C[C@H](NC(=O)[C@@H](NC(=O)OC)C(C)(C)C)[C@H](C[C@@H](Cc3ccccc3F)C(=O)N[C@H](C(=O)NC)C(C)(C)C)CC(C)(C)[Si](C)(C)O)cc2)s1. The van der Waals surface area contributed by atoms with Crippen LogP contribution in [0.1, 0.15) is 91.3 Å². The van der Waals surface area contributed by atoms with Gasteiger partial charge < -0.3 is 30.8 Å². The van der Waals surface area contributed by atoms with Gasteiger partial charge in [0.25, 0.3) is 0 Å². The molecule has 0 aliphatic carbocycles. The third-order valence-corrected chi connectivity index (χ3v) is 16.2. The third-order valence-electron chi connectivity index (χ3n) is 11.5. The van der Waals surface area contributed by atoms with E-state index < -0.39 is 77.9 Å². The van der Waals surface area contributed by atoms with Crippen LogP contribution in [0.5, 0.6) is 0 Å². The smallest absolute Gasteiger partial charge is 0.407 e. The lowest BCUT2D eigenvalue weighted by atomic mass is 9.77. The van der Waals surface area contributed by atoms with Gasteiger partial charge in [-0.25, -0.2) is 14.2 Å². The first kappa shape index (κ1) is 49.2. The normalized spacial score (nSPS) is 15.0. The first-order valence-electron chi connectivity index (χ1n) is 20.5. The Morgan fingerprint density at radius 3 is 1.95 bits per heavy atom. The number of aryl methyl sites for hydroxylation is 1. The monoisotopic (exact) mass is 853 g/mol. The Bertz CT molecular complexity index is 1880. The van der Waals surface area contributed by atoms with E-state index in [0.717, 1.165) is 27.4 Å². The van der Waals surface area contributed by atoms with Crippen LogP contribution < -0.4 is 21.3 Å². The van der Waals surface area contributed by atoms with Gasteiger partial charge in [0.1, 0.15) is 17.9 Å². The summed E-state index contributed by atoms with van der Waals surface area (Å²) < 4.78 is 20.3. The Morgan fingerprint density at radius 2 is 1.44 bits per heavy atom. The van der Waals surface area contributed by atoms with Crippen molar-refractivity contribution in [2.24, 2.45) is 22.7 Å². The standard InChI is InChI=1S/C45H68FN5O6SSi/c1-14-36-48-27-35(58-36)29-21-19-28(20-22-29)23-34(49-41(54)38(44(5,6)7)51-42(55)57-11)32(26-45(8,9)59(12,13)56)25-31(24-30-17-15-16-18-33(30)46)39(52)50-37(40(53)47-10)43(2,3)4/h15-22,27,31-32,34,37-38,56H,14,23-26H2,1-13H3,(H,47,53)(H,49,54)(H,50,52)(H,51,55)/t31-,32-,34+,37-,38-/m1/s1. The largest absolute Gasteiger partial charge is 0.453 e. The molecule has 3 rings (SSSR count). The number of aromatic nitrogens is 1. The highest BCUT2D eigenvalue weighted by molar-refractivity contribution is 7.15. The minimum absolute atomic E-state index is 0.0263. The van der Waals surface area contributed by atoms with Crippen molar-refractivity contribution in [2.75, 3.05) is 14.2 Å². The Labute approximate surface area is 356 Å². The molecule has 326 valence electrons. The molecule has 0 spiro atoms. The van der Waals surface area contributed by atoms with Gasteiger partial charge in [-0.05, 0) is 89.7 Å². The number of carbonyl (C=O) groups is 4. The van der Waals surface area contributed by atoms with E-state index in [9.17, 15) is 24.0 Å². The summed E-state index contributed by atoms with van der Waals surface area (Å²) in [4.78, 5) is 72.0. The zero-order valence-electron chi connectivity index (χ0n) is 37.3. The minimum Gasteiger partial charge on any atom is -0.453 e. The van der Waals surface area contributed by atoms with Gasteiger partial charge >= 0.3 is 6.09 Å². The lowest BCUT2D eigenvalue weighted by Gasteiger charge is -2.42. The average molecular weight is 854 g/mol. The predicted octanol–water partition coefficient (Wildman–Crippen LogP) is 7.82. The molecule has 1 heterocycles. The second-order valence-corrected chi connectivity index (χ2v) is 24.6. The second-order valence-electron chi connectivity index (χ2n) is 19.0. The van der Waals surface area contributed by atoms with E-state index in [1.165, 1.54) is 20.2 Å². The van der Waals surface area contributed by atoms with Gasteiger partial charge in [0.15, 0.2) is 8.32 Å². The Hall–Kier alpha value is -4.14. The third kappa shape index (κ3) is 14.0. The van der Waals surface area contributed by atoms with Crippen LogP contribution in [0.15, 0.2) is 54.7 Å². The van der Waals surface area contributed by atoms with Crippen LogP contribution >= 0.6 is 11.3 Å². The van der Waals surface area contributed by atoms with Crippen LogP contribution in [0.2, 0.25) is 18.1 Å². The number of likely N-dealkylation sites (N-methyl/N-ethyl adjacent to an activating group) is 1. The molecule has 0 fully saturated rings. The lowest BCUT2D eigenvalue weighted by molar-refractivity contribution is -0.133. The van der Waals surface area contributed by atoms with E-state index in [0.29, 0.717) is 18.4 Å². The number of carbonyl (C=O) groups excluding carboxylic acids is 4. The van der Waals surface area contributed by atoms with Gasteiger partial charge in [-0.3, -0.25) is 14.4 Å². The molecule has 0 saturated heterocycles. The highest BCUT2D eigenvalue weighted by atomic mass is 32.1. The van der Waals surface area contributed by atoms with Crippen molar-refractivity contribution >= 4 is 43.5 Å². The number of halogens is 1. The number of benzene rings is 2. The number of thiazole rings is 1. The van der Waals surface area contributed by atoms with Crippen LogP contribution in [0, 0.1) is 28.5 Å². The molecular formula is C45H68FN5O6SSi. The second kappa shape index (κ2) is 20.4. The highest BCUT2D eigenvalue weighted by Gasteiger charge is 2.44. The molecule has 0 bridgehead atoms. The molecule has 0 saturated carbocycles. The van der Waals surface area contributed by atoms with Gasteiger partial charge in [-0.2, -0.15) is 0 Å². The molecule has 5 N–H and O–H groups in total. The number of nitrogens with zero attached hydrogens (tertiary/aromatic N) is 1. The van der Waals surface area contributed by atoms with E-state index in [1.807, 2.05) is 98.9 Å².